The molecular formula is C13H17N3. The number of hydrogen-bond donors (Lipinski definition) is 1. The Bertz CT molecular complexity index is 498. The van der Waals surface area contributed by atoms with E-state index >= 15 is 0 Å². The van der Waals surface area contributed by atoms with Crippen molar-refractivity contribution in [2.45, 2.75) is 33.6 Å². The molecule has 1 N–H and O–H groups in total. The SMILES string of the molecule is Cc1cccc(-c2n[nH]c(C(C)C)c2C)n1. The van der Waals surface area contributed by atoms with E-state index in [2.05, 4.69) is 36.0 Å². The number of aromatic nitrogens is 3. The maximum atomic E-state index is 4.49. The Morgan fingerprint density at radius 2 is 1.94 bits per heavy atom. The minimum atomic E-state index is 0.464. The first-order valence-corrected chi connectivity index (χ1v) is 5.58. The largest absolute Gasteiger partial charge is 0.281 e. The molecule has 0 amide bonds. The van der Waals surface area contributed by atoms with Crippen molar-refractivity contribution >= 4 is 0 Å². The third-order valence-corrected chi connectivity index (χ3v) is 2.76. The van der Waals surface area contributed by atoms with E-state index in [4.69, 9.17) is 0 Å². The monoisotopic (exact) mass is 215 g/mol. The van der Waals surface area contributed by atoms with Crippen molar-refractivity contribution in [3.05, 3.63) is 35.2 Å². The van der Waals surface area contributed by atoms with Crippen LogP contribution in [0.2, 0.25) is 0 Å². The lowest BCUT2D eigenvalue weighted by atomic mass is 10.0. The van der Waals surface area contributed by atoms with Gasteiger partial charge in [0.1, 0.15) is 5.69 Å². The average molecular weight is 215 g/mol. The van der Waals surface area contributed by atoms with Crippen LogP contribution in [0.15, 0.2) is 18.2 Å². The van der Waals surface area contributed by atoms with Crippen molar-refractivity contribution in [2.75, 3.05) is 0 Å². The molecule has 0 bridgehead atoms. The molecule has 0 aromatic carbocycles. The molecule has 0 fully saturated rings. The van der Waals surface area contributed by atoms with E-state index in [-0.39, 0.29) is 0 Å². The highest BCUT2D eigenvalue weighted by Gasteiger charge is 2.13. The summed E-state index contributed by atoms with van der Waals surface area (Å²) in [5.74, 6) is 0.464. The fraction of sp³-hybridized carbons (Fsp3) is 0.385. The van der Waals surface area contributed by atoms with Crippen LogP contribution in [0.5, 0.6) is 0 Å². The van der Waals surface area contributed by atoms with Crippen molar-refractivity contribution in [3.63, 3.8) is 0 Å². The zero-order valence-electron chi connectivity index (χ0n) is 10.2. The van der Waals surface area contributed by atoms with E-state index in [0.29, 0.717) is 5.92 Å². The third-order valence-electron chi connectivity index (χ3n) is 2.76. The second kappa shape index (κ2) is 4.08. The van der Waals surface area contributed by atoms with Gasteiger partial charge in [-0.15, -0.1) is 0 Å². The summed E-state index contributed by atoms with van der Waals surface area (Å²) in [4.78, 5) is 4.49. The molecule has 3 nitrogen and oxygen atoms in total. The van der Waals surface area contributed by atoms with Crippen LogP contribution in [0.4, 0.5) is 0 Å². The van der Waals surface area contributed by atoms with Crippen molar-refractivity contribution in [2.24, 2.45) is 0 Å². The Kier molecular flexibility index (Phi) is 2.77. The summed E-state index contributed by atoms with van der Waals surface area (Å²) in [6, 6.07) is 6.01. The predicted octanol–water partition coefficient (Wildman–Crippen LogP) is 3.21. The van der Waals surface area contributed by atoms with Crippen LogP contribution in [0.3, 0.4) is 0 Å². The fourth-order valence-corrected chi connectivity index (χ4v) is 1.90. The highest BCUT2D eigenvalue weighted by molar-refractivity contribution is 5.59. The van der Waals surface area contributed by atoms with Gasteiger partial charge in [-0.05, 0) is 37.5 Å². The molecule has 0 atom stereocenters. The van der Waals surface area contributed by atoms with E-state index < -0.39 is 0 Å². The van der Waals surface area contributed by atoms with Gasteiger partial charge in [0.05, 0.1) is 5.69 Å². The van der Waals surface area contributed by atoms with Crippen LogP contribution >= 0.6 is 0 Å². The maximum Gasteiger partial charge on any atom is 0.114 e. The van der Waals surface area contributed by atoms with E-state index in [9.17, 15) is 0 Å². The Morgan fingerprint density at radius 3 is 2.50 bits per heavy atom. The van der Waals surface area contributed by atoms with Crippen LogP contribution in [-0.4, -0.2) is 15.2 Å². The molecule has 84 valence electrons. The molecule has 2 aromatic heterocycles. The second-order valence-corrected chi connectivity index (χ2v) is 4.43. The van der Waals surface area contributed by atoms with Crippen molar-refractivity contribution in [3.8, 4) is 11.4 Å². The summed E-state index contributed by atoms with van der Waals surface area (Å²) in [6.07, 6.45) is 0. The first kappa shape index (κ1) is 10.9. The molecule has 16 heavy (non-hydrogen) atoms. The molecule has 0 aliphatic heterocycles. The first-order valence-electron chi connectivity index (χ1n) is 5.58. The second-order valence-electron chi connectivity index (χ2n) is 4.43. The van der Waals surface area contributed by atoms with Crippen molar-refractivity contribution in [1.29, 1.82) is 0 Å². The number of rotatable bonds is 2. The summed E-state index contributed by atoms with van der Waals surface area (Å²) in [7, 11) is 0. The van der Waals surface area contributed by atoms with Crippen LogP contribution < -0.4 is 0 Å². The van der Waals surface area contributed by atoms with Gasteiger partial charge >= 0.3 is 0 Å². The number of hydrogen-bond acceptors (Lipinski definition) is 2. The van der Waals surface area contributed by atoms with Gasteiger partial charge in [-0.3, -0.25) is 10.1 Å². The summed E-state index contributed by atoms with van der Waals surface area (Å²) < 4.78 is 0. The number of H-pyrrole nitrogens is 1. The molecule has 0 unspecified atom stereocenters. The smallest absolute Gasteiger partial charge is 0.114 e. The van der Waals surface area contributed by atoms with E-state index in [1.807, 2.05) is 25.1 Å². The molecule has 0 saturated heterocycles. The molecule has 0 aliphatic carbocycles. The standard InChI is InChI=1S/C13H17N3/c1-8(2)12-10(4)13(16-15-12)11-7-5-6-9(3)14-11/h5-8H,1-4H3,(H,15,16). The fourth-order valence-electron chi connectivity index (χ4n) is 1.90. The average Bonchev–Trinajstić information content (AvgIpc) is 2.60. The highest BCUT2D eigenvalue weighted by Crippen LogP contribution is 2.25. The summed E-state index contributed by atoms with van der Waals surface area (Å²) in [5.41, 5.74) is 5.32. The highest BCUT2D eigenvalue weighted by atomic mass is 15.1. The zero-order valence-corrected chi connectivity index (χ0v) is 10.2. The minimum Gasteiger partial charge on any atom is -0.281 e. The summed E-state index contributed by atoms with van der Waals surface area (Å²) in [5, 5.41) is 7.46. The Labute approximate surface area is 95.9 Å². The third kappa shape index (κ3) is 1.85. The molecule has 2 heterocycles. The van der Waals surface area contributed by atoms with Gasteiger partial charge < -0.3 is 0 Å². The van der Waals surface area contributed by atoms with Gasteiger partial charge in [-0.2, -0.15) is 5.10 Å². The predicted molar refractivity (Wildman–Crippen MR) is 65.4 cm³/mol. The number of aryl methyl sites for hydroxylation is 1. The molecule has 2 aromatic rings. The molecule has 3 heteroatoms. The van der Waals surface area contributed by atoms with Gasteiger partial charge in [0.25, 0.3) is 0 Å². The number of aromatic amines is 1. The van der Waals surface area contributed by atoms with Crippen LogP contribution in [0.25, 0.3) is 11.4 Å². The molecule has 0 spiro atoms. The van der Waals surface area contributed by atoms with Gasteiger partial charge in [0, 0.05) is 11.4 Å². The number of pyridine rings is 1. The minimum absolute atomic E-state index is 0.464. The molecule has 0 saturated carbocycles. The van der Waals surface area contributed by atoms with Crippen molar-refractivity contribution in [1.82, 2.24) is 15.2 Å². The summed E-state index contributed by atoms with van der Waals surface area (Å²) >= 11 is 0. The molecular weight excluding hydrogens is 198 g/mol. The van der Waals surface area contributed by atoms with Gasteiger partial charge in [-0.25, -0.2) is 0 Å². The van der Waals surface area contributed by atoms with E-state index in [1.165, 1.54) is 11.3 Å². The quantitative estimate of drug-likeness (QED) is 0.835. The van der Waals surface area contributed by atoms with Crippen LogP contribution in [-0.2, 0) is 0 Å². The van der Waals surface area contributed by atoms with Gasteiger partial charge in [0.15, 0.2) is 0 Å². The normalized spacial score (nSPS) is 11.1. The lowest BCUT2D eigenvalue weighted by molar-refractivity contribution is 0.804. The van der Waals surface area contributed by atoms with Crippen LogP contribution in [0.1, 0.15) is 36.7 Å². The van der Waals surface area contributed by atoms with E-state index in [1.54, 1.807) is 0 Å². The van der Waals surface area contributed by atoms with Crippen molar-refractivity contribution < 1.29 is 0 Å². The van der Waals surface area contributed by atoms with E-state index in [0.717, 1.165) is 17.1 Å². The number of nitrogens with zero attached hydrogens (tertiary/aromatic N) is 2. The molecule has 0 radical (unpaired) electrons. The molecule has 0 aliphatic rings. The first-order chi connectivity index (χ1) is 7.59. The number of nitrogens with one attached hydrogen (secondary N) is 1. The van der Waals surface area contributed by atoms with Gasteiger partial charge in [0.2, 0.25) is 0 Å². The molecule has 2 rings (SSSR count). The lowest BCUT2D eigenvalue weighted by Gasteiger charge is -2.03. The zero-order chi connectivity index (χ0) is 11.7. The Morgan fingerprint density at radius 1 is 1.19 bits per heavy atom. The Balaban J connectivity index is 2.49. The van der Waals surface area contributed by atoms with Crippen LogP contribution in [0, 0.1) is 13.8 Å². The van der Waals surface area contributed by atoms with Gasteiger partial charge in [-0.1, -0.05) is 19.9 Å². The maximum absolute atomic E-state index is 4.49. The topological polar surface area (TPSA) is 41.6 Å². The lowest BCUT2D eigenvalue weighted by Crippen LogP contribution is -1.91. The Hall–Kier alpha value is -1.64. The summed E-state index contributed by atoms with van der Waals surface area (Å²) in [6.45, 7) is 8.41.